The minimum Gasteiger partial charge on any atom is -0.478 e. The number of hydrogen-bond acceptors (Lipinski definition) is 6. The number of carbonyl (C=O) groups excluding carboxylic acids is 1. The Bertz CT molecular complexity index is 1830. The van der Waals surface area contributed by atoms with E-state index < -0.39 is 11.9 Å². The summed E-state index contributed by atoms with van der Waals surface area (Å²) in [6.07, 6.45) is 4.39. The number of nitriles is 1. The Hall–Kier alpha value is -5.17. The van der Waals surface area contributed by atoms with Crippen LogP contribution in [0.1, 0.15) is 49.8 Å². The number of aromatic nitrogens is 4. The molecule has 2 heterocycles. The van der Waals surface area contributed by atoms with Crippen LogP contribution in [0, 0.1) is 17.1 Å². The lowest BCUT2D eigenvalue weighted by Crippen LogP contribution is -2.38. The molecule has 224 valence electrons. The number of halogens is 1. The number of nitrogens with zero attached hydrogens (tertiary/aromatic N) is 5. The summed E-state index contributed by atoms with van der Waals surface area (Å²) in [5.41, 5.74) is 4.65. The lowest BCUT2D eigenvalue weighted by molar-refractivity contribution is 0.130. The molecule has 1 aliphatic carbocycles. The predicted molar refractivity (Wildman–Crippen MR) is 164 cm³/mol. The molecule has 10 heteroatoms. The van der Waals surface area contributed by atoms with E-state index >= 15 is 0 Å². The predicted octanol–water partition coefficient (Wildman–Crippen LogP) is 6.92. The lowest BCUT2D eigenvalue weighted by atomic mass is 9.91. The molecule has 0 atom stereocenters. The molecule has 0 radical (unpaired) electrons. The molecular formula is C34H33FN6O3. The zero-order valence-corrected chi connectivity index (χ0v) is 24.7. The van der Waals surface area contributed by atoms with E-state index in [1.165, 1.54) is 12.1 Å². The van der Waals surface area contributed by atoms with Gasteiger partial charge in [-0.3, -0.25) is 4.68 Å². The highest BCUT2D eigenvalue weighted by molar-refractivity contribution is 5.91. The second-order valence-corrected chi connectivity index (χ2v) is 11.0. The van der Waals surface area contributed by atoms with Gasteiger partial charge in [-0.05, 0) is 68.0 Å². The number of aryl methyl sites for hydroxylation is 1. The lowest BCUT2D eigenvalue weighted by Gasteiger charge is -2.29. The molecule has 6 rings (SSSR count). The van der Waals surface area contributed by atoms with Gasteiger partial charge in [-0.25, -0.2) is 13.9 Å². The monoisotopic (exact) mass is 592 g/mol. The van der Waals surface area contributed by atoms with Crippen molar-refractivity contribution >= 4 is 17.0 Å². The van der Waals surface area contributed by atoms with Gasteiger partial charge in [0.2, 0.25) is 5.88 Å². The number of alkyl carbamates (subject to hydrolysis) is 1. The van der Waals surface area contributed by atoms with Crippen LogP contribution in [-0.2, 0) is 18.4 Å². The van der Waals surface area contributed by atoms with Crippen LogP contribution in [0.15, 0.2) is 72.9 Å². The number of hydrogen-bond donors (Lipinski definition) is 1. The van der Waals surface area contributed by atoms with Crippen LogP contribution in [0.4, 0.5) is 9.18 Å². The minimum atomic E-state index is -0.600. The number of fused-ring (bicyclic) bond motifs is 1. The SMILES string of the molecule is CCOc1c(-c2ccc3c(cnn3C)c2)c(-c2ccc(C#N)c(F)c2)nn1C1CCC(NC(=O)OCc2ccccc2)CC1. The Kier molecular flexibility index (Phi) is 8.28. The zero-order valence-electron chi connectivity index (χ0n) is 24.7. The van der Waals surface area contributed by atoms with Crippen molar-refractivity contribution in [1.29, 1.82) is 5.26 Å². The zero-order chi connectivity index (χ0) is 30.6. The molecule has 44 heavy (non-hydrogen) atoms. The van der Waals surface area contributed by atoms with Gasteiger partial charge in [0.1, 0.15) is 24.2 Å². The van der Waals surface area contributed by atoms with Crippen molar-refractivity contribution in [3.05, 3.63) is 89.9 Å². The summed E-state index contributed by atoms with van der Waals surface area (Å²) in [6.45, 7) is 2.56. The molecule has 5 aromatic rings. The van der Waals surface area contributed by atoms with Gasteiger partial charge >= 0.3 is 6.09 Å². The largest absolute Gasteiger partial charge is 0.478 e. The Balaban J connectivity index is 1.29. The molecule has 1 saturated carbocycles. The normalized spacial score (nSPS) is 16.4. The fourth-order valence-electron chi connectivity index (χ4n) is 5.87. The van der Waals surface area contributed by atoms with Gasteiger partial charge < -0.3 is 14.8 Å². The van der Waals surface area contributed by atoms with Gasteiger partial charge in [-0.2, -0.15) is 15.5 Å². The van der Waals surface area contributed by atoms with Crippen LogP contribution in [0.25, 0.3) is 33.3 Å². The Morgan fingerprint density at radius 3 is 2.57 bits per heavy atom. The number of rotatable bonds is 8. The van der Waals surface area contributed by atoms with Crippen molar-refractivity contribution in [2.24, 2.45) is 7.05 Å². The number of nitrogens with one attached hydrogen (secondary N) is 1. The molecule has 0 aliphatic heterocycles. The van der Waals surface area contributed by atoms with Gasteiger partial charge in [0, 0.05) is 24.0 Å². The molecule has 1 fully saturated rings. The Morgan fingerprint density at radius 2 is 1.84 bits per heavy atom. The number of amides is 1. The molecule has 0 spiro atoms. The first-order valence-electron chi connectivity index (χ1n) is 14.8. The van der Waals surface area contributed by atoms with Crippen LogP contribution >= 0.6 is 0 Å². The summed E-state index contributed by atoms with van der Waals surface area (Å²) in [6, 6.07) is 22.1. The van der Waals surface area contributed by atoms with Gasteiger partial charge in [0.05, 0.1) is 35.5 Å². The highest BCUT2D eigenvalue weighted by atomic mass is 19.1. The van der Waals surface area contributed by atoms with Gasteiger partial charge in [0.15, 0.2) is 0 Å². The third-order valence-corrected chi connectivity index (χ3v) is 8.12. The maximum Gasteiger partial charge on any atom is 0.407 e. The van der Waals surface area contributed by atoms with Crippen LogP contribution in [0.2, 0.25) is 0 Å². The smallest absolute Gasteiger partial charge is 0.407 e. The number of ether oxygens (including phenoxy) is 2. The van der Waals surface area contributed by atoms with Gasteiger partial charge in [-0.1, -0.05) is 42.5 Å². The first-order chi connectivity index (χ1) is 21.4. The molecule has 1 N–H and O–H groups in total. The van der Waals surface area contributed by atoms with E-state index in [1.54, 1.807) is 6.07 Å². The van der Waals surface area contributed by atoms with E-state index in [1.807, 2.05) is 84.1 Å². The van der Waals surface area contributed by atoms with Crippen molar-refractivity contribution in [1.82, 2.24) is 24.9 Å². The summed E-state index contributed by atoms with van der Waals surface area (Å²) in [5.74, 6) is 0.00564. The average Bonchev–Trinajstić information content (AvgIpc) is 3.61. The van der Waals surface area contributed by atoms with Gasteiger partial charge in [0.25, 0.3) is 0 Å². The van der Waals surface area contributed by atoms with Gasteiger partial charge in [-0.15, -0.1) is 0 Å². The molecule has 3 aromatic carbocycles. The van der Waals surface area contributed by atoms with E-state index in [-0.39, 0.29) is 24.3 Å². The molecule has 2 aromatic heterocycles. The summed E-state index contributed by atoms with van der Waals surface area (Å²) in [4.78, 5) is 12.5. The Morgan fingerprint density at radius 1 is 1.07 bits per heavy atom. The third-order valence-electron chi connectivity index (χ3n) is 8.12. The quantitative estimate of drug-likeness (QED) is 0.210. The average molecular weight is 593 g/mol. The van der Waals surface area contributed by atoms with Crippen LogP contribution in [0.3, 0.4) is 0 Å². The topological polar surface area (TPSA) is 107 Å². The van der Waals surface area contributed by atoms with Crippen LogP contribution in [0.5, 0.6) is 5.88 Å². The van der Waals surface area contributed by atoms with Crippen molar-refractivity contribution < 1.29 is 18.7 Å². The summed E-state index contributed by atoms with van der Waals surface area (Å²) < 4.78 is 30.3. The first-order valence-corrected chi connectivity index (χ1v) is 14.8. The van der Waals surface area contributed by atoms with Crippen LogP contribution in [-0.4, -0.2) is 38.3 Å². The molecule has 0 unspecified atom stereocenters. The fourth-order valence-corrected chi connectivity index (χ4v) is 5.87. The number of carbonyl (C=O) groups is 1. The highest BCUT2D eigenvalue weighted by Crippen LogP contribution is 2.44. The second-order valence-electron chi connectivity index (χ2n) is 11.0. The van der Waals surface area contributed by atoms with E-state index in [2.05, 4.69) is 10.4 Å². The van der Waals surface area contributed by atoms with E-state index in [0.717, 1.165) is 53.3 Å². The number of benzene rings is 3. The Labute approximate surface area is 254 Å². The van der Waals surface area contributed by atoms with Crippen LogP contribution < -0.4 is 10.1 Å². The molecule has 0 bridgehead atoms. The van der Waals surface area contributed by atoms with Crippen molar-refractivity contribution in [3.8, 4) is 34.3 Å². The standard InChI is InChI=1S/C34H33FN6O3/c1-3-43-33-31(23-11-16-30-26(17-23)20-37-40(30)2)32(24-9-10-25(19-36)29(35)18-24)39-41(33)28-14-12-27(13-15-28)38-34(42)44-21-22-7-5-4-6-8-22/h4-11,16-18,20,27-28H,3,12-15,21H2,1-2H3,(H,38,42). The molecule has 0 saturated heterocycles. The van der Waals surface area contributed by atoms with Crippen molar-refractivity contribution in [3.63, 3.8) is 0 Å². The third kappa shape index (κ3) is 5.86. The second kappa shape index (κ2) is 12.6. The van der Waals surface area contributed by atoms with E-state index in [9.17, 15) is 14.4 Å². The molecule has 9 nitrogen and oxygen atoms in total. The summed E-state index contributed by atoms with van der Waals surface area (Å²) in [7, 11) is 1.89. The van der Waals surface area contributed by atoms with Crippen molar-refractivity contribution in [2.45, 2.75) is 51.3 Å². The maximum atomic E-state index is 14.8. The van der Waals surface area contributed by atoms with Crippen molar-refractivity contribution in [2.75, 3.05) is 6.61 Å². The molecular weight excluding hydrogens is 559 g/mol. The first kappa shape index (κ1) is 28.9. The van der Waals surface area contributed by atoms with E-state index in [0.29, 0.717) is 23.7 Å². The highest BCUT2D eigenvalue weighted by Gasteiger charge is 2.30. The summed E-state index contributed by atoms with van der Waals surface area (Å²) in [5, 5.41) is 22.7. The molecule has 1 aliphatic rings. The maximum absolute atomic E-state index is 14.8. The fraction of sp³-hybridized carbons (Fsp3) is 0.294. The summed E-state index contributed by atoms with van der Waals surface area (Å²) >= 11 is 0. The minimum absolute atomic E-state index is 0.00721. The van der Waals surface area contributed by atoms with E-state index in [4.69, 9.17) is 14.6 Å². The molecule has 1 amide bonds.